The molecule has 0 aliphatic carbocycles. The molecule has 0 fully saturated rings. The Bertz CT molecular complexity index is 390. The van der Waals surface area contributed by atoms with Crippen LogP contribution in [0.4, 0.5) is 0 Å². The predicted molar refractivity (Wildman–Crippen MR) is 58.2 cm³/mol. The van der Waals surface area contributed by atoms with Crippen LogP contribution in [-0.4, -0.2) is 27.1 Å². The Kier molecular flexibility index (Phi) is 2.37. The summed E-state index contributed by atoms with van der Waals surface area (Å²) in [4.78, 5) is 4.39. The van der Waals surface area contributed by atoms with E-state index in [1.54, 1.807) is 23.9 Å². The molecule has 0 saturated carbocycles. The quantitative estimate of drug-likeness (QED) is 0.743. The first-order valence-corrected chi connectivity index (χ1v) is 5.38. The van der Waals surface area contributed by atoms with Crippen LogP contribution in [0.2, 0.25) is 0 Å². The van der Waals surface area contributed by atoms with Gasteiger partial charge in [0.05, 0.1) is 6.04 Å². The van der Waals surface area contributed by atoms with Gasteiger partial charge in [-0.2, -0.15) is 0 Å². The zero-order valence-corrected chi connectivity index (χ0v) is 8.58. The fourth-order valence-corrected chi connectivity index (χ4v) is 2.38. The molecule has 0 unspecified atom stereocenters. The fraction of sp³-hybridized carbons (Fsp3) is 0.300. The van der Waals surface area contributed by atoms with Gasteiger partial charge in [0.25, 0.3) is 0 Å². The van der Waals surface area contributed by atoms with Gasteiger partial charge in [-0.05, 0) is 19.1 Å². The van der Waals surface area contributed by atoms with Crippen LogP contribution < -0.4 is 0 Å². The molecular formula is C10H11NO2S. The second kappa shape index (κ2) is 3.53. The maximum atomic E-state index is 9.58. The first-order valence-electron chi connectivity index (χ1n) is 4.40. The molecule has 74 valence electrons. The normalized spacial score (nSPS) is 20.9. The summed E-state index contributed by atoms with van der Waals surface area (Å²) >= 11 is 1.63. The molecule has 0 radical (unpaired) electrons. The average Bonchev–Trinajstić information content (AvgIpc) is 2.51. The lowest BCUT2D eigenvalue weighted by Crippen LogP contribution is -1.93. The first kappa shape index (κ1) is 9.40. The zero-order valence-electron chi connectivity index (χ0n) is 7.77. The van der Waals surface area contributed by atoms with Gasteiger partial charge < -0.3 is 10.2 Å². The van der Waals surface area contributed by atoms with Crippen LogP contribution in [0.3, 0.4) is 0 Å². The average molecular weight is 209 g/mol. The third kappa shape index (κ3) is 1.70. The Hall–Kier alpha value is -1.16. The number of nitrogens with zero attached hydrogens (tertiary/aromatic N) is 1. The van der Waals surface area contributed by atoms with Crippen LogP contribution in [-0.2, 0) is 0 Å². The molecule has 3 nitrogen and oxygen atoms in total. The molecule has 0 spiro atoms. The van der Waals surface area contributed by atoms with E-state index < -0.39 is 0 Å². The van der Waals surface area contributed by atoms with Gasteiger partial charge in [0.15, 0.2) is 0 Å². The van der Waals surface area contributed by atoms with Crippen molar-refractivity contribution >= 4 is 16.8 Å². The second-order valence-electron chi connectivity index (χ2n) is 3.30. The molecule has 0 aromatic heterocycles. The molecule has 1 aliphatic rings. The highest BCUT2D eigenvalue weighted by molar-refractivity contribution is 8.14. The third-order valence-electron chi connectivity index (χ3n) is 2.01. The molecule has 4 heteroatoms. The summed E-state index contributed by atoms with van der Waals surface area (Å²) in [5.74, 6) is 1.11. The SMILES string of the molecule is C[C@H]1CSC(c2ccc(O)cc2O)=N1. The molecule has 1 aliphatic heterocycles. The maximum absolute atomic E-state index is 9.58. The minimum Gasteiger partial charge on any atom is -0.508 e. The highest BCUT2D eigenvalue weighted by atomic mass is 32.2. The van der Waals surface area contributed by atoms with E-state index in [0.717, 1.165) is 10.8 Å². The molecule has 2 N–H and O–H groups in total. The van der Waals surface area contributed by atoms with E-state index in [0.29, 0.717) is 11.6 Å². The van der Waals surface area contributed by atoms with Crippen LogP contribution in [0.15, 0.2) is 23.2 Å². The van der Waals surface area contributed by atoms with E-state index in [1.807, 2.05) is 6.92 Å². The van der Waals surface area contributed by atoms with Gasteiger partial charge in [0, 0.05) is 17.4 Å². The van der Waals surface area contributed by atoms with Crippen LogP contribution in [0.1, 0.15) is 12.5 Å². The van der Waals surface area contributed by atoms with Gasteiger partial charge in [0.1, 0.15) is 16.5 Å². The smallest absolute Gasteiger partial charge is 0.129 e. The molecule has 0 bridgehead atoms. The number of aromatic hydroxyl groups is 2. The topological polar surface area (TPSA) is 52.8 Å². The number of rotatable bonds is 1. The molecule has 0 saturated heterocycles. The zero-order chi connectivity index (χ0) is 10.1. The van der Waals surface area contributed by atoms with Crippen LogP contribution in [0.5, 0.6) is 11.5 Å². The van der Waals surface area contributed by atoms with E-state index in [4.69, 9.17) is 5.11 Å². The predicted octanol–water partition coefficient (Wildman–Crippen LogP) is 1.98. The van der Waals surface area contributed by atoms with Crippen molar-refractivity contribution in [2.24, 2.45) is 4.99 Å². The van der Waals surface area contributed by atoms with Crippen molar-refractivity contribution in [3.05, 3.63) is 23.8 Å². The molecule has 0 amide bonds. The molecule has 1 aromatic rings. The number of hydrogen-bond donors (Lipinski definition) is 2. The van der Waals surface area contributed by atoms with Crippen molar-refractivity contribution in [2.45, 2.75) is 13.0 Å². The summed E-state index contributed by atoms with van der Waals surface area (Å²) in [7, 11) is 0. The van der Waals surface area contributed by atoms with Crippen LogP contribution >= 0.6 is 11.8 Å². The summed E-state index contributed by atoms with van der Waals surface area (Å²) in [5.41, 5.74) is 0.706. The Morgan fingerprint density at radius 1 is 1.43 bits per heavy atom. The number of hydrogen-bond acceptors (Lipinski definition) is 4. The van der Waals surface area contributed by atoms with Gasteiger partial charge >= 0.3 is 0 Å². The summed E-state index contributed by atoms with van der Waals surface area (Å²) in [6.45, 7) is 2.04. The Labute approximate surface area is 86.5 Å². The third-order valence-corrected chi connectivity index (χ3v) is 3.26. The van der Waals surface area contributed by atoms with Crippen LogP contribution in [0, 0.1) is 0 Å². The second-order valence-corrected chi connectivity index (χ2v) is 4.30. The number of thioether (sulfide) groups is 1. The summed E-state index contributed by atoms with van der Waals surface area (Å²) in [5, 5.41) is 19.6. The van der Waals surface area contributed by atoms with E-state index in [9.17, 15) is 5.11 Å². The highest BCUT2D eigenvalue weighted by Gasteiger charge is 2.18. The lowest BCUT2D eigenvalue weighted by atomic mass is 10.2. The molecule has 1 heterocycles. The number of phenols is 2. The van der Waals surface area contributed by atoms with Gasteiger partial charge in [-0.1, -0.05) is 0 Å². The van der Waals surface area contributed by atoms with Crippen LogP contribution in [0.25, 0.3) is 0 Å². The van der Waals surface area contributed by atoms with Crippen molar-refractivity contribution in [1.29, 1.82) is 0 Å². The van der Waals surface area contributed by atoms with E-state index in [-0.39, 0.29) is 11.5 Å². The van der Waals surface area contributed by atoms with Crippen molar-refractivity contribution in [3.8, 4) is 11.5 Å². The summed E-state index contributed by atoms with van der Waals surface area (Å²) in [6.07, 6.45) is 0. The Balaban J connectivity index is 2.37. The van der Waals surface area contributed by atoms with Gasteiger partial charge in [-0.25, -0.2) is 0 Å². The van der Waals surface area contributed by atoms with Crippen molar-refractivity contribution in [2.75, 3.05) is 5.75 Å². The molecule has 2 rings (SSSR count). The standard InChI is InChI=1S/C10H11NO2S/c1-6-5-14-10(11-6)8-3-2-7(12)4-9(8)13/h2-4,6,12-13H,5H2,1H3/t6-/m0/s1. The monoisotopic (exact) mass is 209 g/mol. The van der Waals surface area contributed by atoms with Gasteiger partial charge in [-0.15, -0.1) is 11.8 Å². The molecular weight excluding hydrogens is 198 g/mol. The fourth-order valence-electron chi connectivity index (χ4n) is 1.32. The Morgan fingerprint density at radius 2 is 2.21 bits per heavy atom. The maximum Gasteiger partial charge on any atom is 0.129 e. The minimum absolute atomic E-state index is 0.0721. The number of phenolic OH excluding ortho intramolecular Hbond substituents is 2. The van der Waals surface area contributed by atoms with Gasteiger partial charge in [-0.3, -0.25) is 4.99 Å². The summed E-state index contributed by atoms with van der Waals surface area (Å²) < 4.78 is 0. The van der Waals surface area contributed by atoms with E-state index in [2.05, 4.69) is 4.99 Å². The lowest BCUT2D eigenvalue weighted by molar-refractivity contribution is 0.450. The van der Waals surface area contributed by atoms with Gasteiger partial charge in [0.2, 0.25) is 0 Å². The lowest BCUT2D eigenvalue weighted by Gasteiger charge is -2.03. The molecule has 1 aromatic carbocycles. The van der Waals surface area contributed by atoms with Crippen molar-refractivity contribution in [3.63, 3.8) is 0 Å². The largest absolute Gasteiger partial charge is 0.508 e. The van der Waals surface area contributed by atoms with Crippen molar-refractivity contribution in [1.82, 2.24) is 0 Å². The molecule has 1 atom stereocenters. The first-order chi connectivity index (χ1) is 6.66. The number of benzene rings is 1. The Morgan fingerprint density at radius 3 is 2.79 bits per heavy atom. The molecule has 14 heavy (non-hydrogen) atoms. The van der Waals surface area contributed by atoms with Crippen molar-refractivity contribution < 1.29 is 10.2 Å². The number of aliphatic imine (C=N–C) groups is 1. The van der Waals surface area contributed by atoms with E-state index >= 15 is 0 Å². The summed E-state index contributed by atoms with van der Waals surface area (Å²) in [6, 6.07) is 4.89. The highest BCUT2D eigenvalue weighted by Crippen LogP contribution is 2.30. The van der Waals surface area contributed by atoms with E-state index in [1.165, 1.54) is 6.07 Å². The minimum atomic E-state index is 0.0721.